The summed E-state index contributed by atoms with van der Waals surface area (Å²) in [5.74, 6) is 1.64. The minimum absolute atomic E-state index is 0.0884. The minimum atomic E-state index is -0.157. The summed E-state index contributed by atoms with van der Waals surface area (Å²) in [5, 5.41) is 3.31. The van der Waals surface area contributed by atoms with Crippen LogP contribution in [0.4, 0.5) is 4.39 Å². The van der Waals surface area contributed by atoms with Crippen LogP contribution in [0.25, 0.3) is 0 Å². The van der Waals surface area contributed by atoms with Crippen molar-refractivity contribution in [3.8, 4) is 0 Å². The number of hydrogen-bond acceptors (Lipinski definition) is 2. The van der Waals surface area contributed by atoms with Crippen molar-refractivity contribution >= 4 is 0 Å². The van der Waals surface area contributed by atoms with Crippen LogP contribution < -0.4 is 5.32 Å². The number of rotatable bonds is 4. The standard InChI is InChI=1S/C15H18FNO/c1-10-4-6-13(8-15(10)16)12(3)17-9-14-7-5-11(2)18-14/h4-8,12,17H,9H2,1-3H3. The fraction of sp³-hybridized carbons (Fsp3) is 0.333. The molecule has 3 heteroatoms. The molecule has 0 bridgehead atoms. The van der Waals surface area contributed by atoms with Gasteiger partial charge < -0.3 is 9.73 Å². The van der Waals surface area contributed by atoms with Gasteiger partial charge in [0.25, 0.3) is 0 Å². The average molecular weight is 247 g/mol. The topological polar surface area (TPSA) is 25.2 Å². The molecule has 2 rings (SSSR count). The molecule has 1 atom stereocenters. The molecule has 1 N–H and O–H groups in total. The molecule has 1 aromatic heterocycles. The van der Waals surface area contributed by atoms with E-state index in [9.17, 15) is 4.39 Å². The van der Waals surface area contributed by atoms with Crippen molar-refractivity contribution in [1.29, 1.82) is 0 Å². The normalized spacial score (nSPS) is 12.7. The predicted octanol–water partition coefficient (Wildman–Crippen LogP) is 3.89. The third-order valence-corrected chi connectivity index (χ3v) is 3.07. The van der Waals surface area contributed by atoms with Gasteiger partial charge in [0.05, 0.1) is 6.54 Å². The molecule has 1 heterocycles. The van der Waals surface area contributed by atoms with Crippen LogP contribution in [0.2, 0.25) is 0 Å². The smallest absolute Gasteiger partial charge is 0.126 e. The second kappa shape index (κ2) is 5.36. The first kappa shape index (κ1) is 12.8. The Morgan fingerprint density at radius 1 is 1.22 bits per heavy atom. The number of nitrogens with one attached hydrogen (secondary N) is 1. The fourth-order valence-electron chi connectivity index (χ4n) is 1.83. The number of furan rings is 1. The van der Waals surface area contributed by atoms with Crippen molar-refractivity contribution in [2.75, 3.05) is 0 Å². The Morgan fingerprint density at radius 3 is 2.61 bits per heavy atom. The number of aryl methyl sites for hydroxylation is 2. The van der Waals surface area contributed by atoms with Gasteiger partial charge in [-0.25, -0.2) is 4.39 Å². The van der Waals surface area contributed by atoms with E-state index in [1.54, 1.807) is 19.1 Å². The van der Waals surface area contributed by atoms with Crippen LogP contribution in [0.1, 0.15) is 35.6 Å². The van der Waals surface area contributed by atoms with Crippen molar-refractivity contribution in [2.45, 2.75) is 33.4 Å². The van der Waals surface area contributed by atoms with Crippen molar-refractivity contribution < 1.29 is 8.81 Å². The zero-order valence-electron chi connectivity index (χ0n) is 11.0. The summed E-state index contributed by atoms with van der Waals surface area (Å²) in [6.07, 6.45) is 0. The predicted molar refractivity (Wildman–Crippen MR) is 69.8 cm³/mol. The molecule has 96 valence electrons. The summed E-state index contributed by atoms with van der Waals surface area (Å²) in [6.45, 7) is 6.34. The van der Waals surface area contributed by atoms with Crippen LogP contribution in [0.5, 0.6) is 0 Å². The highest BCUT2D eigenvalue weighted by Gasteiger charge is 2.08. The molecule has 18 heavy (non-hydrogen) atoms. The Morgan fingerprint density at radius 2 is 2.00 bits per heavy atom. The molecule has 0 fully saturated rings. The summed E-state index contributed by atoms with van der Waals surface area (Å²) < 4.78 is 18.9. The first-order valence-corrected chi connectivity index (χ1v) is 6.11. The van der Waals surface area contributed by atoms with E-state index in [1.165, 1.54) is 0 Å². The van der Waals surface area contributed by atoms with Gasteiger partial charge in [-0.15, -0.1) is 0 Å². The second-order valence-electron chi connectivity index (χ2n) is 4.62. The quantitative estimate of drug-likeness (QED) is 0.886. The highest BCUT2D eigenvalue weighted by Crippen LogP contribution is 2.17. The Labute approximate surface area is 107 Å². The van der Waals surface area contributed by atoms with E-state index in [-0.39, 0.29) is 11.9 Å². The van der Waals surface area contributed by atoms with E-state index >= 15 is 0 Å². The number of benzene rings is 1. The zero-order valence-corrected chi connectivity index (χ0v) is 11.0. The first-order chi connectivity index (χ1) is 8.56. The summed E-state index contributed by atoms with van der Waals surface area (Å²) in [6, 6.07) is 9.31. The van der Waals surface area contributed by atoms with E-state index < -0.39 is 0 Å². The molecule has 0 saturated heterocycles. The van der Waals surface area contributed by atoms with Crippen LogP contribution >= 0.6 is 0 Å². The highest BCUT2D eigenvalue weighted by molar-refractivity contribution is 5.25. The molecule has 2 nitrogen and oxygen atoms in total. The largest absolute Gasteiger partial charge is 0.465 e. The summed E-state index contributed by atoms with van der Waals surface area (Å²) in [5.41, 5.74) is 1.62. The third kappa shape index (κ3) is 2.99. The molecule has 0 saturated carbocycles. The van der Waals surface area contributed by atoms with E-state index in [2.05, 4.69) is 5.32 Å². The summed E-state index contributed by atoms with van der Waals surface area (Å²) in [4.78, 5) is 0. The number of hydrogen-bond donors (Lipinski definition) is 1. The van der Waals surface area contributed by atoms with Crippen molar-refractivity contribution in [1.82, 2.24) is 5.32 Å². The highest BCUT2D eigenvalue weighted by atomic mass is 19.1. The monoisotopic (exact) mass is 247 g/mol. The van der Waals surface area contributed by atoms with Crippen LogP contribution in [0, 0.1) is 19.7 Å². The van der Waals surface area contributed by atoms with E-state index in [1.807, 2.05) is 32.0 Å². The van der Waals surface area contributed by atoms with E-state index in [0.29, 0.717) is 12.1 Å². The lowest BCUT2D eigenvalue weighted by atomic mass is 10.1. The molecular formula is C15H18FNO. The van der Waals surface area contributed by atoms with Crippen molar-refractivity contribution in [2.24, 2.45) is 0 Å². The van der Waals surface area contributed by atoms with Gasteiger partial charge in [0.15, 0.2) is 0 Å². The lowest BCUT2D eigenvalue weighted by Crippen LogP contribution is -2.17. The Balaban J connectivity index is 1.99. The maximum absolute atomic E-state index is 13.5. The molecule has 0 aliphatic rings. The molecule has 0 aliphatic heterocycles. The van der Waals surface area contributed by atoms with Gasteiger partial charge >= 0.3 is 0 Å². The van der Waals surface area contributed by atoms with Crippen LogP contribution in [0.15, 0.2) is 34.7 Å². The maximum atomic E-state index is 13.5. The minimum Gasteiger partial charge on any atom is -0.465 e. The SMILES string of the molecule is Cc1ccc(CNC(C)c2ccc(C)c(F)c2)o1. The van der Waals surface area contributed by atoms with E-state index in [0.717, 1.165) is 17.1 Å². The lowest BCUT2D eigenvalue weighted by Gasteiger charge is -2.14. The van der Waals surface area contributed by atoms with Crippen molar-refractivity contribution in [3.63, 3.8) is 0 Å². The molecule has 2 aromatic rings. The van der Waals surface area contributed by atoms with Gasteiger partial charge in [0.1, 0.15) is 17.3 Å². The Bertz CT molecular complexity index is 533. The van der Waals surface area contributed by atoms with E-state index in [4.69, 9.17) is 4.42 Å². The maximum Gasteiger partial charge on any atom is 0.126 e. The Kier molecular flexibility index (Phi) is 3.82. The summed E-state index contributed by atoms with van der Waals surface area (Å²) in [7, 11) is 0. The van der Waals surface area contributed by atoms with Crippen LogP contribution in [-0.2, 0) is 6.54 Å². The molecule has 0 spiro atoms. The summed E-state index contributed by atoms with van der Waals surface area (Å²) >= 11 is 0. The number of halogens is 1. The molecule has 0 aliphatic carbocycles. The van der Waals surface area contributed by atoms with Gasteiger partial charge in [0, 0.05) is 6.04 Å². The average Bonchev–Trinajstić information content (AvgIpc) is 2.75. The zero-order chi connectivity index (χ0) is 13.1. The first-order valence-electron chi connectivity index (χ1n) is 6.11. The van der Waals surface area contributed by atoms with Gasteiger partial charge in [-0.3, -0.25) is 0 Å². The third-order valence-electron chi connectivity index (χ3n) is 3.07. The van der Waals surface area contributed by atoms with Gasteiger partial charge in [-0.2, -0.15) is 0 Å². The second-order valence-corrected chi connectivity index (χ2v) is 4.62. The van der Waals surface area contributed by atoms with Gasteiger partial charge in [0.2, 0.25) is 0 Å². The molecule has 0 amide bonds. The molecule has 0 radical (unpaired) electrons. The fourth-order valence-corrected chi connectivity index (χ4v) is 1.83. The van der Waals surface area contributed by atoms with Gasteiger partial charge in [-0.05, 0) is 50.1 Å². The van der Waals surface area contributed by atoms with Gasteiger partial charge in [-0.1, -0.05) is 12.1 Å². The Hall–Kier alpha value is -1.61. The van der Waals surface area contributed by atoms with Crippen molar-refractivity contribution in [3.05, 3.63) is 58.8 Å². The molecule has 1 aromatic carbocycles. The van der Waals surface area contributed by atoms with Crippen LogP contribution in [0.3, 0.4) is 0 Å². The molecule has 1 unspecified atom stereocenters. The van der Waals surface area contributed by atoms with Crippen LogP contribution in [-0.4, -0.2) is 0 Å². The lowest BCUT2D eigenvalue weighted by molar-refractivity contribution is 0.443. The molecular weight excluding hydrogens is 229 g/mol.